The lowest BCUT2D eigenvalue weighted by atomic mass is 10.0. The van der Waals surface area contributed by atoms with Crippen LogP contribution >= 0.6 is 27.5 Å². The molecule has 2 aromatic carbocycles. The molecule has 2 aromatic rings. The zero-order valence-electron chi connectivity index (χ0n) is 14.5. The van der Waals surface area contributed by atoms with Gasteiger partial charge < -0.3 is 10.1 Å². The first-order valence-electron chi connectivity index (χ1n) is 8.70. The summed E-state index contributed by atoms with van der Waals surface area (Å²) in [5.74, 6) is 0.0920. The molecule has 1 atom stereocenters. The number of carbonyl (C=O) groups excluding carboxylic acids is 1. The van der Waals surface area contributed by atoms with Crippen molar-refractivity contribution in [1.82, 2.24) is 10.2 Å². The minimum absolute atomic E-state index is 0.0920. The molecule has 1 saturated heterocycles. The van der Waals surface area contributed by atoms with E-state index in [1.54, 1.807) is 0 Å². The van der Waals surface area contributed by atoms with Crippen LogP contribution in [-0.2, 0) is 4.74 Å². The van der Waals surface area contributed by atoms with E-state index in [-0.39, 0.29) is 11.8 Å². The SMILES string of the molecule is O=C(CNCC(c1ccc(Cl)cc1)N1CCOCC1)c1ccc(Br)cc1. The lowest BCUT2D eigenvalue weighted by Gasteiger charge is -2.35. The molecule has 0 bridgehead atoms. The molecule has 0 aliphatic carbocycles. The zero-order valence-corrected chi connectivity index (χ0v) is 16.8. The first-order chi connectivity index (χ1) is 12.6. The van der Waals surface area contributed by atoms with Gasteiger partial charge in [0.25, 0.3) is 0 Å². The second-order valence-electron chi connectivity index (χ2n) is 6.28. The van der Waals surface area contributed by atoms with Gasteiger partial charge in [-0.25, -0.2) is 0 Å². The van der Waals surface area contributed by atoms with E-state index in [9.17, 15) is 4.79 Å². The van der Waals surface area contributed by atoms with Crippen molar-refractivity contribution in [2.75, 3.05) is 39.4 Å². The van der Waals surface area contributed by atoms with Gasteiger partial charge in [-0.2, -0.15) is 0 Å². The van der Waals surface area contributed by atoms with Gasteiger partial charge in [-0.05, 0) is 29.8 Å². The third-order valence-electron chi connectivity index (χ3n) is 4.53. The second kappa shape index (κ2) is 9.62. The largest absolute Gasteiger partial charge is 0.379 e. The fourth-order valence-electron chi connectivity index (χ4n) is 3.09. The Morgan fingerprint density at radius 2 is 1.77 bits per heavy atom. The van der Waals surface area contributed by atoms with Gasteiger partial charge in [0.2, 0.25) is 0 Å². The molecule has 26 heavy (non-hydrogen) atoms. The maximum Gasteiger partial charge on any atom is 0.176 e. The highest BCUT2D eigenvalue weighted by Gasteiger charge is 2.22. The monoisotopic (exact) mass is 436 g/mol. The topological polar surface area (TPSA) is 41.6 Å². The smallest absolute Gasteiger partial charge is 0.176 e. The molecule has 138 valence electrons. The maximum absolute atomic E-state index is 12.4. The van der Waals surface area contributed by atoms with Gasteiger partial charge >= 0.3 is 0 Å². The third-order valence-corrected chi connectivity index (χ3v) is 5.31. The first-order valence-corrected chi connectivity index (χ1v) is 9.87. The summed E-state index contributed by atoms with van der Waals surface area (Å²) in [6.45, 7) is 4.26. The molecule has 1 N–H and O–H groups in total. The van der Waals surface area contributed by atoms with Gasteiger partial charge in [-0.15, -0.1) is 0 Å². The normalized spacial score (nSPS) is 16.4. The van der Waals surface area contributed by atoms with Crippen molar-refractivity contribution in [3.63, 3.8) is 0 Å². The Bertz CT molecular complexity index is 716. The van der Waals surface area contributed by atoms with Crippen LogP contribution in [0.1, 0.15) is 22.0 Å². The van der Waals surface area contributed by atoms with E-state index >= 15 is 0 Å². The molecule has 0 aromatic heterocycles. The molecular formula is C20H22BrClN2O2. The number of hydrogen-bond acceptors (Lipinski definition) is 4. The van der Waals surface area contributed by atoms with Crippen molar-refractivity contribution in [2.24, 2.45) is 0 Å². The molecule has 1 unspecified atom stereocenters. The summed E-state index contributed by atoms with van der Waals surface area (Å²) in [5, 5.41) is 4.06. The van der Waals surface area contributed by atoms with E-state index in [0.717, 1.165) is 41.4 Å². The summed E-state index contributed by atoms with van der Waals surface area (Å²) in [7, 11) is 0. The van der Waals surface area contributed by atoms with Crippen LogP contribution in [-0.4, -0.2) is 50.1 Å². The Morgan fingerprint density at radius 3 is 2.42 bits per heavy atom. The quantitative estimate of drug-likeness (QED) is 0.666. The predicted octanol–water partition coefficient (Wildman–Crippen LogP) is 3.95. The number of rotatable bonds is 7. The van der Waals surface area contributed by atoms with Crippen molar-refractivity contribution < 1.29 is 9.53 Å². The summed E-state index contributed by atoms with van der Waals surface area (Å²) < 4.78 is 6.44. The number of ether oxygens (including phenoxy) is 1. The van der Waals surface area contributed by atoms with Gasteiger partial charge in [0, 0.05) is 40.7 Å². The third kappa shape index (κ3) is 5.38. The van der Waals surface area contributed by atoms with Crippen LogP contribution in [0.5, 0.6) is 0 Å². The van der Waals surface area contributed by atoms with Gasteiger partial charge in [0.15, 0.2) is 5.78 Å². The highest BCUT2D eigenvalue weighted by Crippen LogP contribution is 2.23. The number of nitrogens with zero attached hydrogens (tertiary/aromatic N) is 1. The zero-order chi connectivity index (χ0) is 18.4. The fraction of sp³-hybridized carbons (Fsp3) is 0.350. The van der Waals surface area contributed by atoms with Crippen LogP contribution < -0.4 is 5.32 Å². The van der Waals surface area contributed by atoms with Crippen LogP contribution in [0.2, 0.25) is 5.02 Å². The highest BCUT2D eigenvalue weighted by molar-refractivity contribution is 9.10. The average Bonchev–Trinajstić information content (AvgIpc) is 2.67. The van der Waals surface area contributed by atoms with Gasteiger partial charge in [-0.3, -0.25) is 9.69 Å². The number of halogens is 2. The van der Waals surface area contributed by atoms with Crippen molar-refractivity contribution in [2.45, 2.75) is 6.04 Å². The molecule has 4 nitrogen and oxygen atoms in total. The molecule has 0 radical (unpaired) electrons. The molecular weight excluding hydrogens is 416 g/mol. The van der Waals surface area contributed by atoms with Gasteiger partial charge in [0.1, 0.15) is 0 Å². The Kier molecular flexibility index (Phi) is 7.23. The average molecular weight is 438 g/mol. The van der Waals surface area contributed by atoms with E-state index in [4.69, 9.17) is 16.3 Å². The van der Waals surface area contributed by atoms with Gasteiger partial charge in [0.05, 0.1) is 19.8 Å². The van der Waals surface area contributed by atoms with Crippen molar-refractivity contribution in [1.29, 1.82) is 0 Å². The number of nitrogens with one attached hydrogen (secondary N) is 1. The number of Topliss-reactive ketones (excluding diaryl/α,β-unsaturated/α-hetero) is 1. The summed E-state index contributed by atoms with van der Waals surface area (Å²) in [6, 6.07) is 15.6. The minimum atomic E-state index is 0.0920. The van der Waals surface area contributed by atoms with E-state index in [1.165, 1.54) is 5.56 Å². The van der Waals surface area contributed by atoms with Crippen LogP contribution in [0.25, 0.3) is 0 Å². The summed E-state index contributed by atoms with van der Waals surface area (Å²) in [4.78, 5) is 14.8. The van der Waals surface area contributed by atoms with E-state index in [1.807, 2.05) is 36.4 Å². The molecule has 1 fully saturated rings. The highest BCUT2D eigenvalue weighted by atomic mass is 79.9. The number of carbonyl (C=O) groups is 1. The second-order valence-corrected chi connectivity index (χ2v) is 7.63. The Hall–Kier alpha value is -1.24. The molecule has 3 rings (SSSR count). The van der Waals surface area contributed by atoms with Crippen LogP contribution in [0.4, 0.5) is 0 Å². The molecule has 6 heteroatoms. The van der Waals surface area contributed by atoms with E-state index in [2.05, 4.69) is 38.3 Å². The van der Waals surface area contributed by atoms with Crippen LogP contribution in [0, 0.1) is 0 Å². The maximum atomic E-state index is 12.4. The molecule has 1 heterocycles. The summed E-state index contributed by atoms with van der Waals surface area (Å²) in [5.41, 5.74) is 1.91. The summed E-state index contributed by atoms with van der Waals surface area (Å²) in [6.07, 6.45) is 0. The molecule has 1 aliphatic heterocycles. The Morgan fingerprint density at radius 1 is 1.12 bits per heavy atom. The Balaban J connectivity index is 1.62. The predicted molar refractivity (Wildman–Crippen MR) is 108 cm³/mol. The summed E-state index contributed by atoms with van der Waals surface area (Å²) >= 11 is 9.42. The number of ketones is 1. The lowest BCUT2D eigenvalue weighted by molar-refractivity contribution is 0.0162. The van der Waals surface area contributed by atoms with E-state index in [0.29, 0.717) is 13.1 Å². The van der Waals surface area contributed by atoms with Gasteiger partial charge in [-0.1, -0.05) is 51.8 Å². The number of morpholine rings is 1. The standard InChI is InChI=1S/C20H22BrClN2O2/c21-17-5-1-16(2-6-17)20(25)14-23-13-19(24-9-11-26-12-10-24)15-3-7-18(22)8-4-15/h1-8,19,23H,9-14H2. The van der Waals surface area contributed by atoms with Crippen molar-refractivity contribution in [3.05, 3.63) is 69.2 Å². The minimum Gasteiger partial charge on any atom is -0.379 e. The van der Waals surface area contributed by atoms with Crippen LogP contribution in [0.3, 0.4) is 0 Å². The first kappa shape index (κ1) is 19.5. The molecule has 1 aliphatic rings. The van der Waals surface area contributed by atoms with Crippen LogP contribution in [0.15, 0.2) is 53.0 Å². The van der Waals surface area contributed by atoms with E-state index < -0.39 is 0 Å². The number of hydrogen-bond donors (Lipinski definition) is 1. The lowest BCUT2D eigenvalue weighted by Crippen LogP contribution is -2.43. The molecule has 0 spiro atoms. The number of benzene rings is 2. The molecule has 0 amide bonds. The molecule has 0 saturated carbocycles. The fourth-order valence-corrected chi connectivity index (χ4v) is 3.48. The van der Waals surface area contributed by atoms with Crippen molar-refractivity contribution >= 4 is 33.3 Å². The Labute approximate surface area is 167 Å². The van der Waals surface area contributed by atoms with Crippen molar-refractivity contribution in [3.8, 4) is 0 Å².